The molecule has 3 N–H and O–H groups in total. The van der Waals surface area contributed by atoms with Crippen LogP contribution in [0.4, 0.5) is 5.82 Å². The molecule has 4 heterocycles. The van der Waals surface area contributed by atoms with E-state index in [1.54, 1.807) is 4.52 Å². The number of nitrogens with two attached hydrogens (primary N) is 1. The highest BCUT2D eigenvalue weighted by molar-refractivity contribution is 9.10. The van der Waals surface area contributed by atoms with Crippen LogP contribution in [0.25, 0.3) is 22.8 Å². The number of rotatable bonds is 3. The summed E-state index contributed by atoms with van der Waals surface area (Å²) in [4.78, 5) is 4.60. The Hall–Kier alpha value is -2.90. The first kappa shape index (κ1) is 17.2. The molecule has 1 aromatic carbocycles. The molecule has 4 aromatic rings. The maximum Gasteiger partial charge on any atom is 0.218 e. The van der Waals surface area contributed by atoms with E-state index in [1.165, 1.54) is 11.1 Å². The molecule has 0 saturated heterocycles. The number of furan rings is 1. The van der Waals surface area contributed by atoms with E-state index in [9.17, 15) is 0 Å². The van der Waals surface area contributed by atoms with Crippen LogP contribution in [-0.2, 0) is 0 Å². The quantitative estimate of drug-likeness (QED) is 0.496. The first-order valence-electron chi connectivity index (χ1n) is 9.07. The molecular formula is C21H18BrN5O. The lowest BCUT2D eigenvalue weighted by Crippen LogP contribution is -2.26. The molecule has 0 fully saturated rings. The fourth-order valence-corrected chi connectivity index (χ4v) is 3.90. The van der Waals surface area contributed by atoms with Crippen molar-refractivity contribution < 1.29 is 4.42 Å². The molecule has 3 aromatic heterocycles. The van der Waals surface area contributed by atoms with Crippen LogP contribution in [0.15, 0.2) is 69.8 Å². The standard InChI is InChI=1S/C21H18BrN5O/c22-18-7-6-17(28-18)21-25-20-12-15(11-19(23)27(20)26-21)16-10-14(8-9-24-16)13-4-2-1-3-5-13/h1-8,11-12,16,24H,9-10,23H2. The Bertz CT molecular complexity index is 1180. The van der Waals surface area contributed by atoms with E-state index in [0.29, 0.717) is 27.7 Å². The Morgan fingerprint density at radius 2 is 2.00 bits per heavy atom. The van der Waals surface area contributed by atoms with Crippen LogP contribution < -0.4 is 11.1 Å². The number of halogens is 1. The minimum absolute atomic E-state index is 0.172. The number of hydrogen-bond donors (Lipinski definition) is 2. The van der Waals surface area contributed by atoms with Crippen molar-refractivity contribution in [3.8, 4) is 11.6 Å². The highest BCUT2D eigenvalue weighted by Gasteiger charge is 2.20. The fourth-order valence-electron chi connectivity index (χ4n) is 3.59. The maximum absolute atomic E-state index is 6.28. The van der Waals surface area contributed by atoms with Crippen LogP contribution in [0.5, 0.6) is 0 Å². The monoisotopic (exact) mass is 435 g/mol. The normalized spacial score (nSPS) is 17.0. The van der Waals surface area contributed by atoms with E-state index in [2.05, 4.69) is 61.7 Å². The average Bonchev–Trinajstić information content (AvgIpc) is 3.35. The van der Waals surface area contributed by atoms with Gasteiger partial charge in [0, 0.05) is 12.6 Å². The third-order valence-electron chi connectivity index (χ3n) is 4.96. The van der Waals surface area contributed by atoms with Crippen LogP contribution in [0.2, 0.25) is 0 Å². The second-order valence-corrected chi connectivity index (χ2v) is 7.56. The van der Waals surface area contributed by atoms with E-state index in [-0.39, 0.29) is 6.04 Å². The predicted octanol–water partition coefficient (Wildman–Crippen LogP) is 4.45. The molecule has 6 nitrogen and oxygen atoms in total. The molecule has 0 saturated carbocycles. The van der Waals surface area contributed by atoms with Crippen LogP contribution in [0.3, 0.4) is 0 Å². The summed E-state index contributed by atoms with van der Waals surface area (Å²) in [6, 6.07) is 18.3. The third kappa shape index (κ3) is 3.12. The summed E-state index contributed by atoms with van der Waals surface area (Å²) < 4.78 is 7.85. The van der Waals surface area contributed by atoms with Gasteiger partial charge < -0.3 is 15.5 Å². The SMILES string of the molecule is Nc1cc(C2CC(c3ccccc3)=CCN2)cc2nc(-c3ccc(Br)o3)nn12. The number of anilines is 1. The molecule has 5 rings (SSSR count). The summed E-state index contributed by atoms with van der Waals surface area (Å²) in [5, 5.41) is 8.03. The lowest BCUT2D eigenvalue weighted by molar-refractivity contribution is 0.551. The lowest BCUT2D eigenvalue weighted by atomic mass is 9.92. The van der Waals surface area contributed by atoms with Gasteiger partial charge in [0.1, 0.15) is 5.82 Å². The van der Waals surface area contributed by atoms with Gasteiger partial charge in [0.2, 0.25) is 5.82 Å². The molecule has 0 spiro atoms. The topological polar surface area (TPSA) is 81.4 Å². The van der Waals surface area contributed by atoms with Gasteiger partial charge in [-0.3, -0.25) is 0 Å². The first-order valence-corrected chi connectivity index (χ1v) is 9.86. The molecule has 7 heteroatoms. The van der Waals surface area contributed by atoms with Gasteiger partial charge >= 0.3 is 0 Å². The lowest BCUT2D eigenvalue weighted by Gasteiger charge is -2.25. The Kier molecular flexibility index (Phi) is 4.26. The summed E-state index contributed by atoms with van der Waals surface area (Å²) in [5.74, 6) is 1.66. The van der Waals surface area contributed by atoms with Gasteiger partial charge in [-0.2, -0.15) is 4.52 Å². The fraction of sp³-hybridized carbons (Fsp3) is 0.143. The van der Waals surface area contributed by atoms with E-state index in [1.807, 2.05) is 30.3 Å². The Morgan fingerprint density at radius 1 is 1.14 bits per heavy atom. The van der Waals surface area contributed by atoms with Gasteiger partial charge in [-0.15, -0.1) is 5.10 Å². The van der Waals surface area contributed by atoms with Crippen molar-refractivity contribution in [2.45, 2.75) is 12.5 Å². The Labute approximate surface area is 170 Å². The van der Waals surface area contributed by atoms with Crippen molar-refractivity contribution in [3.05, 3.63) is 76.5 Å². The Morgan fingerprint density at radius 3 is 2.79 bits per heavy atom. The summed E-state index contributed by atoms with van der Waals surface area (Å²) in [6.45, 7) is 0.818. The van der Waals surface area contributed by atoms with Gasteiger partial charge in [-0.25, -0.2) is 4.98 Å². The zero-order valence-electron chi connectivity index (χ0n) is 15.0. The van der Waals surface area contributed by atoms with Crippen molar-refractivity contribution in [1.29, 1.82) is 0 Å². The van der Waals surface area contributed by atoms with Crippen molar-refractivity contribution in [2.75, 3.05) is 12.3 Å². The maximum atomic E-state index is 6.28. The van der Waals surface area contributed by atoms with Gasteiger partial charge in [-0.1, -0.05) is 36.4 Å². The van der Waals surface area contributed by atoms with Gasteiger partial charge in [-0.05, 0) is 63.3 Å². The first-order chi connectivity index (χ1) is 13.7. The zero-order valence-corrected chi connectivity index (χ0v) is 16.6. The molecule has 1 aliphatic rings. The van der Waals surface area contributed by atoms with E-state index >= 15 is 0 Å². The molecule has 0 bridgehead atoms. The van der Waals surface area contributed by atoms with Crippen LogP contribution in [-0.4, -0.2) is 21.1 Å². The number of nitrogens with zero attached hydrogens (tertiary/aromatic N) is 3. The molecule has 0 amide bonds. The van der Waals surface area contributed by atoms with Gasteiger partial charge in [0.25, 0.3) is 0 Å². The molecule has 140 valence electrons. The smallest absolute Gasteiger partial charge is 0.218 e. The summed E-state index contributed by atoms with van der Waals surface area (Å²) in [7, 11) is 0. The van der Waals surface area contributed by atoms with E-state index in [0.717, 1.165) is 18.5 Å². The molecule has 1 aliphatic heterocycles. The number of benzene rings is 1. The third-order valence-corrected chi connectivity index (χ3v) is 5.39. The second-order valence-electron chi connectivity index (χ2n) is 6.78. The summed E-state index contributed by atoms with van der Waals surface area (Å²) >= 11 is 3.31. The summed E-state index contributed by atoms with van der Waals surface area (Å²) in [6.07, 6.45) is 3.14. The van der Waals surface area contributed by atoms with Crippen LogP contribution in [0.1, 0.15) is 23.6 Å². The largest absolute Gasteiger partial charge is 0.446 e. The van der Waals surface area contributed by atoms with Crippen molar-refractivity contribution in [2.24, 2.45) is 0 Å². The van der Waals surface area contributed by atoms with Crippen molar-refractivity contribution >= 4 is 33.0 Å². The molecule has 0 aliphatic carbocycles. The number of nitrogens with one attached hydrogen (secondary N) is 1. The van der Waals surface area contributed by atoms with Gasteiger partial charge in [0.15, 0.2) is 16.1 Å². The predicted molar refractivity (Wildman–Crippen MR) is 113 cm³/mol. The highest BCUT2D eigenvalue weighted by atomic mass is 79.9. The average molecular weight is 436 g/mol. The zero-order chi connectivity index (χ0) is 19.1. The van der Waals surface area contributed by atoms with Crippen LogP contribution in [0, 0.1) is 0 Å². The molecule has 0 radical (unpaired) electrons. The minimum atomic E-state index is 0.172. The summed E-state index contributed by atoms with van der Waals surface area (Å²) in [5.41, 5.74) is 10.7. The molecule has 1 atom stereocenters. The van der Waals surface area contributed by atoms with Crippen molar-refractivity contribution in [1.82, 2.24) is 19.9 Å². The van der Waals surface area contributed by atoms with E-state index in [4.69, 9.17) is 10.2 Å². The highest BCUT2D eigenvalue weighted by Crippen LogP contribution is 2.32. The molecule has 28 heavy (non-hydrogen) atoms. The number of fused-ring (bicyclic) bond motifs is 1. The number of pyridine rings is 1. The van der Waals surface area contributed by atoms with E-state index < -0.39 is 0 Å². The Balaban J connectivity index is 1.48. The minimum Gasteiger partial charge on any atom is -0.446 e. The molecular weight excluding hydrogens is 418 g/mol. The molecule has 1 unspecified atom stereocenters. The number of hydrogen-bond acceptors (Lipinski definition) is 5. The number of nitrogen functional groups attached to an aromatic ring is 1. The van der Waals surface area contributed by atoms with Crippen molar-refractivity contribution in [3.63, 3.8) is 0 Å². The van der Waals surface area contributed by atoms with Gasteiger partial charge in [0.05, 0.1) is 0 Å². The second kappa shape index (κ2) is 6.92. The number of aromatic nitrogens is 3. The van der Waals surface area contributed by atoms with Crippen LogP contribution >= 0.6 is 15.9 Å².